The highest BCUT2D eigenvalue weighted by Crippen LogP contribution is 2.36. The van der Waals surface area contributed by atoms with Crippen molar-refractivity contribution < 1.29 is 17.9 Å². The molecule has 0 spiro atoms. The van der Waals surface area contributed by atoms with Gasteiger partial charge < -0.3 is 4.74 Å². The van der Waals surface area contributed by atoms with Crippen LogP contribution in [0, 0.1) is 11.6 Å². The Hall–Kier alpha value is -0.813. The van der Waals surface area contributed by atoms with Crippen molar-refractivity contribution in [1.29, 1.82) is 0 Å². The average Bonchev–Trinajstić information content (AvgIpc) is 2.74. The first-order valence-electron chi connectivity index (χ1n) is 12.2. The van der Waals surface area contributed by atoms with Crippen LogP contribution in [0.3, 0.4) is 0 Å². The minimum Gasteiger partial charge on any atom is -0.385 e. The predicted molar refractivity (Wildman–Crippen MR) is 123 cm³/mol. The summed E-state index contributed by atoms with van der Waals surface area (Å²) in [4.78, 5) is 0. The van der Waals surface area contributed by atoms with Crippen molar-refractivity contribution in [3.8, 4) is 0 Å². The minimum atomic E-state index is -1.16. The number of ether oxygens (including phenoxy) is 1. The smallest absolute Gasteiger partial charge is 0.129 e. The Bertz CT molecular complexity index is 579. The minimum absolute atomic E-state index is 0.0686. The summed E-state index contributed by atoms with van der Waals surface area (Å²) in [6, 6.07) is 6.89. The highest BCUT2D eigenvalue weighted by Gasteiger charge is 2.25. The van der Waals surface area contributed by atoms with Gasteiger partial charge in [0, 0.05) is 34.5 Å². The molecule has 1 aliphatic heterocycles. The van der Waals surface area contributed by atoms with Crippen LogP contribution in [0.1, 0.15) is 88.2 Å². The number of halogens is 3. The number of unbranched alkanes of at least 4 members (excludes halogenated alkanes) is 5. The number of hydrogen-bond donors (Lipinski definition) is 0. The van der Waals surface area contributed by atoms with E-state index in [1.165, 1.54) is 43.1 Å². The molecule has 1 heterocycles. The van der Waals surface area contributed by atoms with Gasteiger partial charge in [-0.15, -0.1) is 0 Å². The van der Waals surface area contributed by atoms with E-state index in [1.54, 1.807) is 7.11 Å². The van der Waals surface area contributed by atoms with Crippen molar-refractivity contribution in [2.75, 3.05) is 13.7 Å². The Morgan fingerprint density at radius 1 is 1.00 bits per heavy atom. The Labute approximate surface area is 183 Å². The monoisotopic (exact) mass is 442 g/mol. The number of hydrogen-bond acceptors (Lipinski definition) is 1. The highest BCUT2D eigenvalue weighted by molar-refractivity contribution is 6.59. The maximum atomic E-state index is 14.6. The zero-order valence-electron chi connectivity index (χ0n) is 19.0. The van der Waals surface area contributed by atoms with E-state index >= 15 is 0 Å². The second kappa shape index (κ2) is 14.3. The zero-order chi connectivity index (χ0) is 21.8. The molecule has 1 unspecified atom stereocenters. The van der Waals surface area contributed by atoms with Crippen LogP contribution in [-0.2, 0) is 11.2 Å². The van der Waals surface area contributed by atoms with E-state index in [9.17, 15) is 13.2 Å². The Morgan fingerprint density at radius 3 is 2.30 bits per heavy atom. The molecule has 1 fully saturated rings. The fraction of sp³-hybridized carbons (Fsp3) is 0.760. The molecule has 1 saturated heterocycles. The number of benzene rings is 1. The van der Waals surface area contributed by atoms with Crippen LogP contribution in [0.4, 0.5) is 13.2 Å². The summed E-state index contributed by atoms with van der Waals surface area (Å²) in [5, 5.41) is 0. The maximum absolute atomic E-state index is 14.6. The number of methoxy groups -OCH3 is 1. The molecule has 1 atom stereocenters. The normalized spacial score (nSPS) is 20.4. The summed E-state index contributed by atoms with van der Waals surface area (Å²) in [5.74, 6) is -0.854. The van der Waals surface area contributed by atoms with E-state index in [1.807, 2.05) is 0 Å². The molecule has 5 heteroatoms. The largest absolute Gasteiger partial charge is 0.385 e. The lowest BCUT2D eigenvalue weighted by Gasteiger charge is -2.28. The molecule has 0 saturated carbocycles. The summed E-state index contributed by atoms with van der Waals surface area (Å²) in [6.45, 7) is 2.96. The molecule has 2 rings (SSSR count). The van der Waals surface area contributed by atoms with E-state index in [4.69, 9.17) is 4.74 Å². The summed E-state index contributed by atoms with van der Waals surface area (Å²) < 4.78 is 48.5. The lowest BCUT2D eigenvalue weighted by Crippen LogP contribution is -2.20. The van der Waals surface area contributed by atoms with Gasteiger partial charge in [0.05, 0.1) is 0 Å². The first-order chi connectivity index (χ1) is 14.5. The van der Waals surface area contributed by atoms with Gasteiger partial charge in [-0.3, -0.25) is 0 Å². The zero-order valence-corrected chi connectivity index (χ0v) is 20.2. The van der Waals surface area contributed by atoms with Crippen molar-refractivity contribution in [1.82, 2.24) is 0 Å². The molecular formula is C25H41F3OSi. The molecule has 0 N–H and O–H groups in total. The van der Waals surface area contributed by atoms with E-state index in [-0.39, 0.29) is 17.9 Å². The molecule has 1 nitrogen and oxygen atoms in total. The maximum Gasteiger partial charge on any atom is 0.129 e. The second-order valence-electron chi connectivity index (χ2n) is 9.17. The topological polar surface area (TPSA) is 9.23 Å². The van der Waals surface area contributed by atoms with Gasteiger partial charge in [0.15, 0.2) is 0 Å². The van der Waals surface area contributed by atoms with E-state index in [0.717, 1.165) is 57.1 Å². The van der Waals surface area contributed by atoms with E-state index < -0.39 is 26.6 Å². The molecule has 30 heavy (non-hydrogen) atoms. The van der Waals surface area contributed by atoms with Crippen LogP contribution in [0.25, 0.3) is 0 Å². The molecule has 1 aromatic rings. The first-order valence-corrected chi connectivity index (χ1v) is 14.6. The van der Waals surface area contributed by atoms with Gasteiger partial charge in [-0.25, -0.2) is 13.2 Å². The molecule has 1 aliphatic rings. The van der Waals surface area contributed by atoms with Crippen LogP contribution in [0.5, 0.6) is 0 Å². The van der Waals surface area contributed by atoms with Crippen molar-refractivity contribution in [2.24, 2.45) is 0 Å². The van der Waals surface area contributed by atoms with Crippen molar-refractivity contribution in [3.05, 3.63) is 34.9 Å². The number of rotatable bonds is 14. The van der Waals surface area contributed by atoms with E-state index in [0.29, 0.717) is 6.42 Å². The Kier molecular flexibility index (Phi) is 12.1. The van der Waals surface area contributed by atoms with Gasteiger partial charge in [-0.2, -0.15) is 0 Å². The summed E-state index contributed by atoms with van der Waals surface area (Å²) in [6.07, 6.45) is 8.82. The molecule has 0 amide bonds. The summed E-state index contributed by atoms with van der Waals surface area (Å²) >= 11 is 0. The number of alkyl halides is 1. The lowest BCUT2D eigenvalue weighted by atomic mass is 9.91. The SMILES string of the molecule is CCCCCCC(F)Cc1c(F)cc(C2CC[SiH](CCCCCOC)CC2)cc1F. The molecule has 0 bridgehead atoms. The molecule has 0 aromatic heterocycles. The standard InChI is InChI=1S/C25H41F3OSi/c1-3-4-5-7-10-22(26)19-23-24(27)17-21(18-25(23)28)20-11-15-30(16-12-20)14-9-6-8-13-29-2/h17-18,20,22,30H,3-16,19H2,1-2H3. The predicted octanol–water partition coefficient (Wildman–Crippen LogP) is 7.74. The van der Waals surface area contributed by atoms with Gasteiger partial charge >= 0.3 is 0 Å². The Morgan fingerprint density at radius 2 is 1.67 bits per heavy atom. The summed E-state index contributed by atoms with van der Waals surface area (Å²) in [7, 11) is 1.06. The molecular weight excluding hydrogens is 401 g/mol. The highest BCUT2D eigenvalue weighted by atomic mass is 28.3. The van der Waals surface area contributed by atoms with Crippen LogP contribution >= 0.6 is 0 Å². The first kappa shape index (κ1) is 25.4. The third kappa shape index (κ3) is 8.74. The van der Waals surface area contributed by atoms with Crippen LogP contribution in [0.2, 0.25) is 18.1 Å². The fourth-order valence-electron chi connectivity index (χ4n) is 4.81. The van der Waals surface area contributed by atoms with Crippen LogP contribution in [0.15, 0.2) is 12.1 Å². The molecule has 0 aliphatic carbocycles. The van der Waals surface area contributed by atoms with Crippen LogP contribution < -0.4 is 0 Å². The second-order valence-corrected chi connectivity index (χ2v) is 12.6. The molecule has 172 valence electrons. The average molecular weight is 443 g/mol. The van der Waals surface area contributed by atoms with Gasteiger partial charge in [0.1, 0.15) is 17.8 Å². The third-order valence-electron chi connectivity index (χ3n) is 6.74. The molecule has 0 radical (unpaired) electrons. The Balaban J connectivity index is 1.81. The lowest BCUT2D eigenvalue weighted by molar-refractivity contribution is 0.192. The van der Waals surface area contributed by atoms with Crippen LogP contribution in [-0.4, -0.2) is 28.7 Å². The van der Waals surface area contributed by atoms with Gasteiger partial charge in [-0.05, 0) is 49.3 Å². The summed E-state index contributed by atoms with van der Waals surface area (Å²) in [5.41, 5.74) is 0.709. The van der Waals surface area contributed by atoms with Crippen molar-refractivity contribution in [3.63, 3.8) is 0 Å². The van der Waals surface area contributed by atoms with Gasteiger partial charge in [-0.1, -0.05) is 63.6 Å². The quantitative estimate of drug-likeness (QED) is 0.211. The van der Waals surface area contributed by atoms with E-state index in [2.05, 4.69) is 6.92 Å². The van der Waals surface area contributed by atoms with Gasteiger partial charge in [0.2, 0.25) is 0 Å². The third-order valence-corrected chi connectivity index (χ3v) is 10.3. The molecule has 1 aromatic carbocycles. The fourth-order valence-corrected chi connectivity index (χ4v) is 8.29. The van der Waals surface area contributed by atoms with Crippen molar-refractivity contribution >= 4 is 8.80 Å². The van der Waals surface area contributed by atoms with Crippen molar-refractivity contribution in [2.45, 2.75) is 108 Å². The van der Waals surface area contributed by atoms with Gasteiger partial charge in [0.25, 0.3) is 0 Å².